The summed E-state index contributed by atoms with van der Waals surface area (Å²) in [6.45, 7) is 4.47. The van der Waals surface area contributed by atoms with Gasteiger partial charge in [-0.15, -0.1) is 0 Å². The Morgan fingerprint density at radius 2 is 2.16 bits per heavy atom. The number of nitrogens with one attached hydrogen (secondary N) is 1. The lowest BCUT2D eigenvalue weighted by Crippen LogP contribution is -2.42. The summed E-state index contributed by atoms with van der Waals surface area (Å²) in [5.41, 5.74) is 11.1. The number of carbonyl (C=O) groups excluding carboxylic acids is 1. The van der Waals surface area contributed by atoms with E-state index in [4.69, 9.17) is 5.73 Å². The molecule has 1 aliphatic carbocycles. The first-order valence-corrected chi connectivity index (χ1v) is 6.94. The van der Waals surface area contributed by atoms with Gasteiger partial charge in [0.2, 0.25) is 5.91 Å². The van der Waals surface area contributed by atoms with E-state index in [0.29, 0.717) is 5.56 Å². The van der Waals surface area contributed by atoms with Crippen molar-refractivity contribution in [2.45, 2.75) is 45.1 Å². The zero-order chi connectivity index (χ0) is 13.6. The average Bonchev–Trinajstić information content (AvgIpc) is 2.37. The van der Waals surface area contributed by atoms with Crippen LogP contribution in [0.5, 0.6) is 0 Å². The molecule has 1 aromatic rings. The van der Waals surface area contributed by atoms with Crippen LogP contribution in [-0.2, 0) is 0 Å². The van der Waals surface area contributed by atoms with Crippen molar-refractivity contribution in [1.29, 1.82) is 0 Å². The van der Waals surface area contributed by atoms with E-state index < -0.39 is 0 Å². The van der Waals surface area contributed by atoms with E-state index >= 15 is 0 Å². The van der Waals surface area contributed by atoms with Gasteiger partial charge in [0.1, 0.15) is 0 Å². The Balaban J connectivity index is 2.14. The van der Waals surface area contributed by atoms with Crippen molar-refractivity contribution < 1.29 is 4.79 Å². The molecule has 19 heavy (non-hydrogen) atoms. The Kier molecular flexibility index (Phi) is 2.66. The van der Waals surface area contributed by atoms with Crippen molar-refractivity contribution in [3.05, 3.63) is 34.9 Å². The Labute approximate surface area is 113 Å². The lowest BCUT2D eigenvalue weighted by molar-refractivity contribution is 0.100. The Morgan fingerprint density at radius 1 is 1.37 bits per heavy atom. The molecule has 1 amide bonds. The molecule has 0 saturated heterocycles. The SMILES string of the molecule is CC1=C2CCCCC2(C)Nc2cc(C(N)=O)ccc21. The lowest BCUT2D eigenvalue weighted by atomic mass is 9.73. The molecule has 3 rings (SSSR count). The summed E-state index contributed by atoms with van der Waals surface area (Å²) in [5, 5.41) is 3.64. The van der Waals surface area contributed by atoms with E-state index in [2.05, 4.69) is 19.2 Å². The number of anilines is 1. The minimum absolute atomic E-state index is 0.0472. The fourth-order valence-electron chi connectivity index (χ4n) is 3.53. The van der Waals surface area contributed by atoms with Crippen LogP contribution in [0.15, 0.2) is 23.8 Å². The molecule has 100 valence electrons. The molecule has 0 aromatic heterocycles. The molecule has 1 saturated carbocycles. The van der Waals surface area contributed by atoms with Crippen molar-refractivity contribution >= 4 is 17.2 Å². The third kappa shape index (κ3) is 1.84. The summed E-state index contributed by atoms with van der Waals surface area (Å²) in [5.74, 6) is -0.370. The van der Waals surface area contributed by atoms with Crippen molar-refractivity contribution in [2.75, 3.05) is 5.32 Å². The first-order valence-electron chi connectivity index (χ1n) is 6.94. The summed E-state index contributed by atoms with van der Waals surface area (Å²) in [7, 11) is 0. The molecule has 0 radical (unpaired) electrons. The zero-order valence-electron chi connectivity index (χ0n) is 11.5. The van der Waals surface area contributed by atoms with E-state index in [0.717, 1.165) is 12.1 Å². The second kappa shape index (κ2) is 4.12. The second-order valence-electron chi connectivity index (χ2n) is 5.89. The van der Waals surface area contributed by atoms with Crippen LogP contribution in [0.2, 0.25) is 0 Å². The predicted molar refractivity (Wildman–Crippen MR) is 78.0 cm³/mol. The van der Waals surface area contributed by atoms with Crippen LogP contribution in [0.4, 0.5) is 5.69 Å². The molecule has 1 atom stereocenters. The molecule has 1 aromatic carbocycles. The highest BCUT2D eigenvalue weighted by Crippen LogP contribution is 2.45. The van der Waals surface area contributed by atoms with Gasteiger partial charge in [-0.25, -0.2) is 0 Å². The van der Waals surface area contributed by atoms with Crippen LogP contribution in [-0.4, -0.2) is 11.4 Å². The van der Waals surface area contributed by atoms with Gasteiger partial charge in [0.25, 0.3) is 0 Å². The van der Waals surface area contributed by atoms with E-state index in [-0.39, 0.29) is 11.4 Å². The first-order chi connectivity index (χ1) is 9.01. The van der Waals surface area contributed by atoms with Gasteiger partial charge in [-0.3, -0.25) is 4.79 Å². The number of allylic oxidation sites excluding steroid dienone is 1. The third-order valence-corrected chi connectivity index (χ3v) is 4.59. The molecule has 0 spiro atoms. The van der Waals surface area contributed by atoms with Crippen molar-refractivity contribution in [2.24, 2.45) is 5.73 Å². The molecule has 1 aliphatic heterocycles. The van der Waals surface area contributed by atoms with Crippen molar-refractivity contribution in [1.82, 2.24) is 0 Å². The van der Waals surface area contributed by atoms with Crippen LogP contribution in [0, 0.1) is 0 Å². The van der Waals surface area contributed by atoms with Gasteiger partial charge in [-0.05, 0) is 56.4 Å². The van der Waals surface area contributed by atoms with Gasteiger partial charge in [-0.2, -0.15) is 0 Å². The topological polar surface area (TPSA) is 55.1 Å². The predicted octanol–water partition coefficient (Wildman–Crippen LogP) is 3.32. The number of nitrogens with two attached hydrogens (primary N) is 1. The number of rotatable bonds is 1. The highest BCUT2D eigenvalue weighted by atomic mass is 16.1. The van der Waals surface area contributed by atoms with Gasteiger partial charge in [-0.1, -0.05) is 12.5 Å². The van der Waals surface area contributed by atoms with Gasteiger partial charge in [0.15, 0.2) is 0 Å². The second-order valence-corrected chi connectivity index (χ2v) is 5.89. The summed E-state index contributed by atoms with van der Waals surface area (Å²) < 4.78 is 0. The minimum atomic E-state index is -0.370. The number of hydrogen-bond acceptors (Lipinski definition) is 2. The summed E-state index contributed by atoms with van der Waals surface area (Å²) >= 11 is 0. The van der Waals surface area contributed by atoms with E-state index in [1.807, 2.05) is 18.2 Å². The number of hydrogen-bond donors (Lipinski definition) is 2. The molecule has 1 fully saturated rings. The third-order valence-electron chi connectivity index (χ3n) is 4.59. The smallest absolute Gasteiger partial charge is 0.248 e. The Hall–Kier alpha value is -1.77. The fraction of sp³-hybridized carbons (Fsp3) is 0.438. The molecule has 1 heterocycles. The summed E-state index contributed by atoms with van der Waals surface area (Å²) in [6.07, 6.45) is 4.86. The maximum atomic E-state index is 11.3. The Morgan fingerprint density at radius 3 is 2.89 bits per heavy atom. The standard InChI is InChI=1S/C16H20N2O/c1-10-12-7-6-11(15(17)19)9-14(12)18-16(2)8-4-3-5-13(10)16/h6-7,9,18H,3-5,8H2,1-2H3,(H2,17,19). The van der Waals surface area contributed by atoms with Gasteiger partial charge < -0.3 is 11.1 Å². The van der Waals surface area contributed by atoms with E-state index in [9.17, 15) is 4.79 Å². The number of benzene rings is 1. The van der Waals surface area contributed by atoms with Crippen molar-refractivity contribution in [3.63, 3.8) is 0 Å². The fourth-order valence-corrected chi connectivity index (χ4v) is 3.53. The number of fused-ring (bicyclic) bond motifs is 2. The van der Waals surface area contributed by atoms with Crippen molar-refractivity contribution in [3.8, 4) is 0 Å². The minimum Gasteiger partial charge on any atom is -0.376 e. The highest BCUT2D eigenvalue weighted by molar-refractivity contribution is 5.96. The van der Waals surface area contributed by atoms with Crippen LogP contribution >= 0.6 is 0 Å². The van der Waals surface area contributed by atoms with E-state index in [1.54, 1.807) is 0 Å². The maximum Gasteiger partial charge on any atom is 0.248 e. The van der Waals surface area contributed by atoms with Gasteiger partial charge in [0, 0.05) is 16.8 Å². The number of carbonyl (C=O) groups is 1. The first kappa shape index (κ1) is 12.3. The lowest BCUT2D eigenvalue weighted by Gasteiger charge is -2.43. The monoisotopic (exact) mass is 256 g/mol. The van der Waals surface area contributed by atoms with Crippen LogP contribution in [0.25, 0.3) is 5.57 Å². The van der Waals surface area contributed by atoms with Gasteiger partial charge in [0.05, 0.1) is 5.54 Å². The number of amides is 1. The molecule has 3 N–H and O–H groups in total. The average molecular weight is 256 g/mol. The normalized spacial score (nSPS) is 25.4. The van der Waals surface area contributed by atoms with Crippen LogP contribution in [0.1, 0.15) is 55.5 Å². The zero-order valence-corrected chi connectivity index (χ0v) is 11.5. The number of primary amides is 1. The van der Waals surface area contributed by atoms with Crippen LogP contribution < -0.4 is 11.1 Å². The maximum absolute atomic E-state index is 11.3. The van der Waals surface area contributed by atoms with Gasteiger partial charge >= 0.3 is 0 Å². The Bertz CT molecular complexity index is 588. The van der Waals surface area contributed by atoms with E-state index in [1.165, 1.54) is 36.0 Å². The molecule has 3 nitrogen and oxygen atoms in total. The molecular formula is C16H20N2O. The molecule has 3 heteroatoms. The summed E-state index contributed by atoms with van der Waals surface area (Å²) in [6, 6.07) is 5.72. The van der Waals surface area contributed by atoms with Crippen LogP contribution in [0.3, 0.4) is 0 Å². The molecular weight excluding hydrogens is 236 g/mol. The quantitative estimate of drug-likeness (QED) is 0.810. The summed E-state index contributed by atoms with van der Waals surface area (Å²) in [4.78, 5) is 11.3. The largest absolute Gasteiger partial charge is 0.376 e. The highest BCUT2D eigenvalue weighted by Gasteiger charge is 2.36. The molecule has 2 aliphatic rings. The molecule has 1 unspecified atom stereocenters. The molecule has 0 bridgehead atoms.